The summed E-state index contributed by atoms with van der Waals surface area (Å²) in [6.45, 7) is 4.64. The van der Waals surface area contributed by atoms with Crippen molar-refractivity contribution in [1.82, 2.24) is 0 Å². The van der Waals surface area contributed by atoms with Crippen LogP contribution >= 0.6 is 17.0 Å². The van der Waals surface area contributed by atoms with E-state index in [1.165, 1.54) is 124 Å². The zero-order valence-electron chi connectivity index (χ0n) is 40.8. The van der Waals surface area contributed by atoms with Crippen LogP contribution in [0.5, 0.6) is 0 Å². The summed E-state index contributed by atoms with van der Waals surface area (Å²) in [6.07, 6.45) is 8.93. The second kappa shape index (κ2) is 18.1. The van der Waals surface area contributed by atoms with E-state index < -0.39 is 25.9 Å². The molecule has 2 unspecified atom stereocenters. The zero-order valence-corrected chi connectivity index (χ0v) is 46.2. The van der Waals surface area contributed by atoms with Crippen molar-refractivity contribution in [3.05, 3.63) is 246 Å². The first kappa shape index (κ1) is 45.7. The van der Waals surface area contributed by atoms with Crippen LogP contribution in [0.4, 0.5) is 0 Å². The van der Waals surface area contributed by atoms with E-state index in [0.29, 0.717) is 0 Å². The maximum absolute atomic E-state index is 9.57. The van der Waals surface area contributed by atoms with Crippen LogP contribution < -0.4 is 13.6 Å². The van der Waals surface area contributed by atoms with Crippen molar-refractivity contribution >= 4 is 73.9 Å². The van der Waals surface area contributed by atoms with E-state index in [9.17, 15) is 17.0 Å². The molecule has 0 fully saturated rings. The Kier molecular flexibility index (Phi) is 11.5. The average Bonchev–Trinajstić information content (AvgIpc) is 4.13. The van der Waals surface area contributed by atoms with Crippen LogP contribution in [0.3, 0.4) is 0 Å². The van der Waals surface area contributed by atoms with Crippen LogP contribution in [0.2, 0.25) is 0 Å². The third-order valence-corrected chi connectivity index (χ3v) is 39.2. The van der Waals surface area contributed by atoms with E-state index in [1.807, 2.05) is 0 Å². The van der Waals surface area contributed by atoms with E-state index in [2.05, 4.69) is 238 Å². The van der Waals surface area contributed by atoms with Crippen LogP contribution in [0, 0.1) is 0 Å². The van der Waals surface area contributed by atoms with Gasteiger partial charge in [-0.15, -0.1) is 0 Å². The standard InChI is InChI=1S/2C28H23.C12H9Si.2ClH.Zr/c2*1-2-9-20-18-22-12-8-17-27(28(22)19-20)26-15-6-5-14-25(26)24-16-7-11-21-10-3-4-13-23(21)24;1-3-7-11-9(5-1)10-6-2-4-8-12(10)13-11;;;/h2*3-8,10-19H,2,9H2,1H3;1-7H,13H2;2*1H;/q;;;;;+2/p-2. The van der Waals surface area contributed by atoms with Crippen molar-refractivity contribution in [3.63, 3.8) is 0 Å². The van der Waals surface area contributed by atoms with Gasteiger partial charge in [0.2, 0.25) is 0 Å². The van der Waals surface area contributed by atoms with Crippen molar-refractivity contribution in [3.8, 4) is 55.6 Å². The second-order valence-electron chi connectivity index (χ2n) is 20.4. The predicted octanol–water partition coefficient (Wildman–Crippen LogP) is 17.3. The van der Waals surface area contributed by atoms with Crippen LogP contribution in [-0.2, 0) is 16.4 Å². The molecule has 0 bridgehead atoms. The number of halogens is 2. The van der Waals surface area contributed by atoms with Gasteiger partial charge >= 0.3 is 438 Å². The second-order valence-corrected chi connectivity index (χ2v) is 42.8. The molecule has 10 aromatic rings. The molecule has 0 nitrogen and oxygen atoms in total. The summed E-state index contributed by atoms with van der Waals surface area (Å²) in [5, 5.41) is 7.94. The molecule has 2 atom stereocenters. The minimum atomic E-state index is -5.80. The SMILES string of the molecule is CCCC1=Cc2c(-c3ccccc3-c3cccc4ccccc34)cccc2[CH]1[Zr]([Cl])([Cl])([c]1cccc2c1[SiH2]c1ccccc1-2)[CH]1C(CCC)=Cc2c(-c3ccccc3-c3cccc4ccccc34)cccc21. The fourth-order valence-electron chi connectivity index (χ4n) is 13.6. The molecule has 3 aliphatic rings. The number of allylic oxidation sites excluding steroid dienone is 2. The summed E-state index contributed by atoms with van der Waals surface area (Å²) in [7, 11) is 18.2. The fraction of sp³-hybridized carbons (Fsp3) is 0.118. The zero-order chi connectivity index (χ0) is 48.6. The molecule has 4 heteroatoms. The van der Waals surface area contributed by atoms with Crippen LogP contribution in [0.15, 0.2) is 223 Å². The molecule has 0 aromatic heterocycles. The van der Waals surface area contributed by atoms with Crippen molar-refractivity contribution in [2.45, 2.75) is 46.8 Å². The molecule has 10 aromatic carbocycles. The molecule has 0 saturated carbocycles. The Hall–Kier alpha value is -6.12. The molecule has 1 aliphatic heterocycles. The molecule has 0 radical (unpaired) electrons. The van der Waals surface area contributed by atoms with Crippen molar-refractivity contribution in [2.24, 2.45) is 0 Å². The Balaban J connectivity index is 1.07. The number of benzene rings is 10. The van der Waals surface area contributed by atoms with Crippen LogP contribution in [0.25, 0.3) is 89.3 Å². The third kappa shape index (κ3) is 7.08. The summed E-state index contributed by atoms with van der Waals surface area (Å²) in [5.41, 5.74) is 20.5. The molecule has 0 N–H and O–H groups in total. The minimum absolute atomic E-state index is 0.151. The van der Waals surface area contributed by atoms with E-state index in [0.717, 1.165) is 25.7 Å². The summed E-state index contributed by atoms with van der Waals surface area (Å²) in [4.78, 5) is 0. The first-order chi connectivity index (χ1) is 35.3. The number of hydrogen-bond acceptors (Lipinski definition) is 0. The normalized spacial score (nSPS) is 16.5. The Morgan fingerprint density at radius 1 is 0.375 bits per heavy atom. The summed E-state index contributed by atoms with van der Waals surface area (Å²) >= 11 is -5.80. The molecule has 0 spiro atoms. The predicted molar refractivity (Wildman–Crippen MR) is 312 cm³/mol. The van der Waals surface area contributed by atoms with Gasteiger partial charge in [-0.2, -0.15) is 0 Å². The number of rotatable bonds is 11. The Bertz CT molecular complexity index is 3680. The van der Waals surface area contributed by atoms with Gasteiger partial charge in [-0.25, -0.2) is 0 Å². The van der Waals surface area contributed by atoms with Gasteiger partial charge in [0.15, 0.2) is 0 Å². The summed E-state index contributed by atoms with van der Waals surface area (Å²) in [6, 6.07) is 79.1. The van der Waals surface area contributed by atoms with E-state index >= 15 is 0 Å². The molecular formula is C68H55Cl2SiZr. The molecule has 2 aliphatic carbocycles. The number of hydrogen-bond donors (Lipinski definition) is 0. The summed E-state index contributed by atoms with van der Waals surface area (Å²) < 4.78 is 0.978. The van der Waals surface area contributed by atoms with Crippen molar-refractivity contribution < 1.29 is 16.4 Å². The van der Waals surface area contributed by atoms with Gasteiger partial charge in [-0.1, -0.05) is 0 Å². The fourth-order valence-corrected chi connectivity index (χ4v) is 41.5. The summed E-state index contributed by atoms with van der Waals surface area (Å²) in [5.74, 6) is 0. The van der Waals surface area contributed by atoms with Gasteiger partial charge in [-0.3, -0.25) is 0 Å². The molecule has 349 valence electrons. The van der Waals surface area contributed by atoms with E-state index in [4.69, 9.17) is 0 Å². The Labute approximate surface area is 434 Å². The van der Waals surface area contributed by atoms with Gasteiger partial charge in [0.25, 0.3) is 0 Å². The van der Waals surface area contributed by atoms with E-state index in [-0.39, 0.29) is 7.25 Å². The molecule has 72 heavy (non-hydrogen) atoms. The van der Waals surface area contributed by atoms with Gasteiger partial charge in [-0.05, 0) is 0 Å². The molecule has 1 heterocycles. The molecule has 13 rings (SSSR count). The van der Waals surface area contributed by atoms with Crippen LogP contribution in [0.1, 0.15) is 69.0 Å². The van der Waals surface area contributed by atoms with Crippen molar-refractivity contribution in [1.29, 1.82) is 0 Å². The van der Waals surface area contributed by atoms with Gasteiger partial charge in [0.1, 0.15) is 0 Å². The first-order valence-corrected chi connectivity index (χ1v) is 37.8. The van der Waals surface area contributed by atoms with Crippen molar-refractivity contribution in [2.75, 3.05) is 0 Å². The monoisotopic (exact) mass is 1060 g/mol. The Morgan fingerprint density at radius 3 is 1.26 bits per heavy atom. The Morgan fingerprint density at radius 2 is 0.750 bits per heavy atom. The first-order valence-electron chi connectivity index (χ1n) is 25.9. The topological polar surface area (TPSA) is 0 Å². The molecular weight excluding hydrogens is 1010 g/mol. The molecule has 0 saturated heterocycles. The van der Waals surface area contributed by atoms with Gasteiger partial charge < -0.3 is 0 Å². The quantitative estimate of drug-likeness (QED) is 0.113. The molecule has 0 amide bonds. The van der Waals surface area contributed by atoms with Crippen LogP contribution in [-0.4, -0.2) is 9.52 Å². The van der Waals surface area contributed by atoms with E-state index in [1.54, 1.807) is 0 Å². The average molecular weight is 1060 g/mol. The van der Waals surface area contributed by atoms with Gasteiger partial charge in [0.05, 0.1) is 0 Å². The maximum atomic E-state index is 9.57. The number of fused-ring (bicyclic) bond motifs is 7. The third-order valence-electron chi connectivity index (χ3n) is 16.4. The van der Waals surface area contributed by atoms with Gasteiger partial charge in [0, 0.05) is 0 Å².